The van der Waals surface area contributed by atoms with E-state index >= 15 is 0 Å². The van der Waals surface area contributed by atoms with Crippen molar-refractivity contribution >= 4 is 46.8 Å². The van der Waals surface area contributed by atoms with Crippen LogP contribution in [0.5, 0.6) is 0 Å². The molecule has 1 aliphatic rings. The Balaban J connectivity index is 1.12. The number of carbonyl (C=O) groups excluding carboxylic acids is 4. The van der Waals surface area contributed by atoms with Gasteiger partial charge in [-0.3, -0.25) is 14.4 Å². The molecular formula is C38H25N5O5S. The normalized spacial score (nSPS) is 13.8. The molecule has 2 heterocycles. The van der Waals surface area contributed by atoms with Crippen molar-refractivity contribution in [1.82, 2.24) is 4.98 Å². The zero-order valence-electron chi connectivity index (χ0n) is 25.7. The molecular weight excluding hydrogens is 639 g/mol. The van der Waals surface area contributed by atoms with Gasteiger partial charge in [0.2, 0.25) is 11.8 Å². The highest BCUT2D eigenvalue weighted by Gasteiger charge is 2.41. The first-order valence-electron chi connectivity index (χ1n) is 15.0. The number of benzene rings is 4. The Morgan fingerprint density at radius 2 is 1.37 bits per heavy atom. The molecule has 2 amide bonds. The first kappa shape index (κ1) is 32.4. The highest BCUT2D eigenvalue weighted by molar-refractivity contribution is 8.00. The Kier molecular flexibility index (Phi) is 9.29. The molecule has 2 N–H and O–H groups in total. The second-order valence-electron chi connectivity index (χ2n) is 10.9. The molecule has 1 fully saturated rings. The first-order valence-corrected chi connectivity index (χ1v) is 15.9. The van der Waals surface area contributed by atoms with Gasteiger partial charge in [-0.25, -0.2) is 14.7 Å². The number of aromatic nitrogens is 1. The number of pyridine rings is 1. The number of nitrogens with zero attached hydrogens (tertiary/aromatic N) is 4. The van der Waals surface area contributed by atoms with E-state index in [1.165, 1.54) is 24.3 Å². The van der Waals surface area contributed by atoms with Crippen LogP contribution in [0.3, 0.4) is 0 Å². The second kappa shape index (κ2) is 14.1. The third-order valence-corrected chi connectivity index (χ3v) is 9.02. The van der Waals surface area contributed by atoms with Crippen LogP contribution in [0.25, 0.3) is 22.3 Å². The number of ether oxygens (including phenoxy) is 1. The fourth-order valence-corrected chi connectivity index (χ4v) is 6.52. The first-order chi connectivity index (χ1) is 23.8. The van der Waals surface area contributed by atoms with E-state index in [1.54, 1.807) is 42.5 Å². The zero-order valence-corrected chi connectivity index (χ0v) is 26.5. The summed E-state index contributed by atoms with van der Waals surface area (Å²) in [6, 6.07) is 35.3. The van der Waals surface area contributed by atoms with Gasteiger partial charge >= 0.3 is 5.97 Å². The lowest BCUT2D eigenvalue weighted by Gasteiger charge is -2.16. The average molecular weight is 664 g/mol. The van der Waals surface area contributed by atoms with Crippen LogP contribution in [0, 0.1) is 22.7 Å². The van der Waals surface area contributed by atoms with Crippen molar-refractivity contribution in [3.05, 3.63) is 131 Å². The molecule has 1 atom stereocenters. The summed E-state index contributed by atoms with van der Waals surface area (Å²) in [6.45, 7) is -0.460. The third-order valence-electron chi connectivity index (χ3n) is 7.85. The fourth-order valence-electron chi connectivity index (χ4n) is 5.40. The number of nitrogen functional groups attached to an aromatic ring is 1. The van der Waals surface area contributed by atoms with Gasteiger partial charge in [0.15, 0.2) is 12.4 Å². The SMILES string of the molecule is N#Cc1c(N)nc(SC2CC(=O)N(c3ccc(C(=O)OCC(=O)c4ccc(-c5ccccc5)cc4)cc3)C2=O)c(C#N)c1-c1ccccc1. The van der Waals surface area contributed by atoms with Gasteiger partial charge in [-0.05, 0) is 41.0 Å². The van der Waals surface area contributed by atoms with Crippen LogP contribution in [0.4, 0.5) is 11.5 Å². The van der Waals surface area contributed by atoms with Crippen LogP contribution in [-0.2, 0) is 14.3 Å². The minimum absolute atomic E-state index is 0.0445. The van der Waals surface area contributed by atoms with Crippen LogP contribution >= 0.6 is 11.8 Å². The van der Waals surface area contributed by atoms with E-state index in [2.05, 4.69) is 11.1 Å². The monoisotopic (exact) mass is 663 g/mol. The van der Waals surface area contributed by atoms with E-state index in [0.29, 0.717) is 16.7 Å². The molecule has 6 rings (SSSR count). The van der Waals surface area contributed by atoms with Crippen molar-refractivity contribution in [1.29, 1.82) is 10.5 Å². The van der Waals surface area contributed by atoms with Gasteiger partial charge < -0.3 is 10.5 Å². The molecule has 0 spiro atoms. The number of hydrogen-bond donors (Lipinski definition) is 1. The molecule has 11 heteroatoms. The molecule has 1 aromatic heterocycles. The molecule has 5 aromatic rings. The van der Waals surface area contributed by atoms with E-state index in [-0.39, 0.29) is 45.4 Å². The number of imide groups is 1. The maximum absolute atomic E-state index is 13.5. The summed E-state index contributed by atoms with van der Waals surface area (Å²) >= 11 is 0.929. The Morgan fingerprint density at radius 3 is 1.98 bits per heavy atom. The Bertz CT molecular complexity index is 2180. The molecule has 10 nitrogen and oxygen atoms in total. The van der Waals surface area contributed by atoms with E-state index < -0.39 is 29.6 Å². The zero-order chi connectivity index (χ0) is 34.5. The summed E-state index contributed by atoms with van der Waals surface area (Å²) in [5.41, 5.74) is 9.85. The number of nitriles is 2. The second-order valence-corrected chi connectivity index (χ2v) is 12.1. The van der Waals surface area contributed by atoms with Crippen molar-refractivity contribution in [3.63, 3.8) is 0 Å². The third kappa shape index (κ3) is 6.65. The summed E-state index contributed by atoms with van der Waals surface area (Å²) < 4.78 is 5.24. The predicted octanol–water partition coefficient (Wildman–Crippen LogP) is 6.21. The lowest BCUT2D eigenvalue weighted by atomic mass is 9.97. The number of carbonyl (C=O) groups is 4. The summed E-state index contributed by atoms with van der Waals surface area (Å²) in [4.78, 5) is 57.2. The van der Waals surface area contributed by atoms with Crippen molar-refractivity contribution in [2.24, 2.45) is 0 Å². The number of amides is 2. The molecule has 0 radical (unpaired) electrons. The van der Waals surface area contributed by atoms with Crippen molar-refractivity contribution < 1.29 is 23.9 Å². The maximum Gasteiger partial charge on any atom is 0.338 e. The standard InChI is InChI=1S/C38H25N5O5S/c39-20-29-34(26-9-5-2-6-10-26)30(21-40)36(42-35(29)41)49-32-19-33(45)43(37(32)46)28-17-15-27(16-18-28)38(47)48-22-31(44)25-13-11-24(12-14-25)23-7-3-1-4-8-23/h1-18,32H,19,22H2,(H2,41,42). The number of ketones is 1. The van der Waals surface area contributed by atoms with E-state index in [9.17, 15) is 29.7 Å². The minimum Gasteiger partial charge on any atom is -0.454 e. The Hall–Kier alpha value is -6.56. The lowest BCUT2D eigenvalue weighted by Crippen LogP contribution is -2.31. The highest BCUT2D eigenvalue weighted by Crippen LogP contribution is 2.40. The summed E-state index contributed by atoms with van der Waals surface area (Å²) in [5.74, 6) is -2.22. The summed E-state index contributed by atoms with van der Waals surface area (Å²) in [5, 5.41) is 19.0. The smallest absolute Gasteiger partial charge is 0.338 e. The quantitative estimate of drug-likeness (QED) is 0.109. The highest BCUT2D eigenvalue weighted by atomic mass is 32.2. The summed E-state index contributed by atoms with van der Waals surface area (Å²) in [6.07, 6.45) is -0.172. The minimum atomic E-state index is -0.916. The van der Waals surface area contributed by atoms with Crippen molar-refractivity contribution in [2.75, 3.05) is 17.2 Å². The van der Waals surface area contributed by atoms with Gasteiger partial charge in [0.25, 0.3) is 0 Å². The van der Waals surface area contributed by atoms with Gasteiger partial charge in [0, 0.05) is 17.5 Å². The topological polar surface area (TPSA) is 167 Å². The van der Waals surface area contributed by atoms with Crippen LogP contribution in [0.15, 0.2) is 114 Å². The molecule has 238 valence electrons. The lowest BCUT2D eigenvalue weighted by molar-refractivity contribution is -0.121. The number of Topliss-reactive ketones (excluding diaryl/α,β-unsaturated/α-hetero) is 1. The van der Waals surface area contributed by atoms with Crippen LogP contribution < -0.4 is 10.6 Å². The molecule has 0 saturated carbocycles. The fraction of sp³-hybridized carbons (Fsp3) is 0.0789. The molecule has 4 aromatic carbocycles. The van der Waals surface area contributed by atoms with Gasteiger partial charge in [0.1, 0.15) is 28.5 Å². The molecule has 1 unspecified atom stereocenters. The van der Waals surface area contributed by atoms with Gasteiger partial charge in [-0.15, -0.1) is 0 Å². The predicted molar refractivity (Wildman–Crippen MR) is 183 cm³/mol. The maximum atomic E-state index is 13.5. The van der Waals surface area contributed by atoms with Gasteiger partial charge in [-0.2, -0.15) is 10.5 Å². The van der Waals surface area contributed by atoms with E-state index in [1.807, 2.05) is 48.5 Å². The number of anilines is 2. The molecule has 49 heavy (non-hydrogen) atoms. The summed E-state index contributed by atoms with van der Waals surface area (Å²) in [7, 11) is 0. The van der Waals surface area contributed by atoms with Crippen molar-refractivity contribution in [2.45, 2.75) is 16.7 Å². The molecule has 1 saturated heterocycles. The number of nitrogens with two attached hydrogens (primary N) is 1. The molecule has 1 aliphatic heterocycles. The Morgan fingerprint density at radius 1 is 0.796 bits per heavy atom. The van der Waals surface area contributed by atoms with E-state index in [0.717, 1.165) is 27.8 Å². The number of rotatable bonds is 9. The largest absolute Gasteiger partial charge is 0.454 e. The average Bonchev–Trinajstić information content (AvgIpc) is 3.42. The van der Waals surface area contributed by atoms with Gasteiger partial charge in [-0.1, -0.05) is 96.7 Å². The van der Waals surface area contributed by atoms with Gasteiger partial charge in [0.05, 0.1) is 22.1 Å². The Labute approximate surface area is 285 Å². The number of thioether (sulfide) groups is 1. The number of esters is 1. The van der Waals surface area contributed by atoms with E-state index in [4.69, 9.17) is 10.5 Å². The number of hydrogen-bond acceptors (Lipinski definition) is 10. The van der Waals surface area contributed by atoms with Crippen LogP contribution in [-0.4, -0.2) is 40.4 Å². The van der Waals surface area contributed by atoms with Crippen LogP contribution in [0.1, 0.15) is 38.3 Å². The van der Waals surface area contributed by atoms with Crippen LogP contribution in [0.2, 0.25) is 0 Å². The molecule has 0 bridgehead atoms. The molecule has 0 aliphatic carbocycles. The van der Waals surface area contributed by atoms with Crippen molar-refractivity contribution in [3.8, 4) is 34.4 Å².